The van der Waals surface area contributed by atoms with Gasteiger partial charge in [-0.3, -0.25) is 0 Å². The first kappa shape index (κ1) is 19.3. The molecule has 0 aromatic heterocycles. The Labute approximate surface area is 126 Å². The highest BCUT2D eigenvalue weighted by molar-refractivity contribution is 7.86. The van der Waals surface area contributed by atoms with Gasteiger partial charge in [-0.05, 0) is 6.07 Å². The summed E-state index contributed by atoms with van der Waals surface area (Å²) in [4.78, 5) is 11.4. The normalized spacial score (nSPS) is 14.4. The van der Waals surface area contributed by atoms with Crippen LogP contribution in [-0.2, 0) is 14.9 Å². The van der Waals surface area contributed by atoms with Gasteiger partial charge in [-0.1, -0.05) is 17.6 Å². The molecule has 0 aliphatic carbocycles. The maximum Gasteiger partial charge on any atom is 0.432 e. The third-order valence-electron chi connectivity index (χ3n) is 2.37. The average Bonchev–Trinajstić information content (AvgIpc) is 2.35. The molecule has 0 N–H and O–H groups in total. The predicted octanol–water partition coefficient (Wildman–Crippen LogP) is 0.845. The Morgan fingerprint density at radius 3 is 2.17 bits per heavy atom. The summed E-state index contributed by atoms with van der Waals surface area (Å²) in [5, 5.41) is -6.02. The molecule has 5 nitrogen and oxygen atoms in total. The van der Waals surface area contributed by atoms with Crippen molar-refractivity contribution < 1.29 is 48.8 Å². The number of esters is 1. The summed E-state index contributed by atoms with van der Waals surface area (Å²) in [6, 6.07) is 1.93. The fourth-order valence-electron chi connectivity index (χ4n) is 1.33. The van der Waals surface area contributed by atoms with E-state index >= 15 is 0 Å². The molecule has 0 aliphatic heterocycles. The molecule has 0 aliphatic rings. The molecule has 0 amide bonds. The van der Waals surface area contributed by atoms with Crippen molar-refractivity contribution in [1.29, 1.82) is 0 Å². The molecule has 1 unspecified atom stereocenters. The molecular weight excluding hydrogens is 357 g/mol. The van der Waals surface area contributed by atoms with E-state index in [1.54, 1.807) is 0 Å². The highest BCUT2D eigenvalue weighted by atomic mass is 32.2. The quantitative estimate of drug-likeness (QED) is 0.344. The van der Waals surface area contributed by atoms with Gasteiger partial charge in [0.2, 0.25) is 0 Å². The van der Waals surface area contributed by atoms with Gasteiger partial charge in [-0.2, -0.15) is 22.0 Å². The maximum atomic E-state index is 13.3. The predicted molar refractivity (Wildman–Crippen MR) is 61.7 cm³/mol. The van der Waals surface area contributed by atoms with Gasteiger partial charge in [0.25, 0.3) is 6.10 Å². The Kier molecular flexibility index (Phi) is 5.06. The van der Waals surface area contributed by atoms with Crippen molar-refractivity contribution >= 4 is 29.4 Å². The molecule has 0 spiro atoms. The zero-order chi connectivity index (χ0) is 18.2. The van der Waals surface area contributed by atoms with Crippen LogP contribution in [0.15, 0.2) is 18.2 Å². The Hall–Kier alpha value is -1.76. The zero-order valence-corrected chi connectivity index (χ0v) is 11.4. The topological polar surface area (TPSA) is 83.5 Å². The summed E-state index contributed by atoms with van der Waals surface area (Å²) in [6.07, 6.45) is -10.7. The fraction of sp³-hybridized carbons (Fsp3) is 0.300. The third-order valence-corrected chi connectivity index (χ3v) is 3.25. The van der Waals surface area contributed by atoms with Crippen molar-refractivity contribution in [3.05, 3.63) is 29.6 Å². The molecule has 1 aromatic rings. The molecule has 2 radical (unpaired) electrons. The van der Waals surface area contributed by atoms with Crippen LogP contribution in [0.1, 0.15) is 10.4 Å². The van der Waals surface area contributed by atoms with Crippen molar-refractivity contribution in [2.45, 2.75) is 17.5 Å². The Morgan fingerprint density at radius 1 is 1.22 bits per heavy atom. The van der Waals surface area contributed by atoms with Crippen molar-refractivity contribution in [3.8, 4) is 0 Å². The van der Waals surface area contributed by atoms with Gasteiger partial charge in [0.1, 0.15) is 13.7 Å². The Balaban J connectivity index is 3.28. The van der Waals surface area contributed by atoms with Crippen LogP contribution >= 0.6 is 0 Å². The number of hydrogen-bond donors (Lipinski definition) is 0. The average molecular weight is 361 g/mol. The van der Waals surface area contributed by atoms with Crippen LogP contribution in [-0.4, -0.2) is 44.3 Å². The van der Waals surface area contributed by atoms with E-state index in [2.05, 4.69) is 4.74 Å². The lowest BCUT2D eigenvalue weighted by Crippen LogP contribution is -2.52. The number of ether oxygens (including phenoxy) is 1. The van der Waals surface area contributed by atoms with Crippen molar-refractivity contribution in [3.63, 3.8) is 0 Å². The molecule has 1 aromatic carbocycles. The summed E-state index contributed by atoms with van der Waals surface area (Å²) in [6.45, 7) is 0. The van der Waals surface area contributed by atoms with Crippen molar-refractivity contribution in [2.75, 3.05) is 0 Å². The van der Waals surface area contributed by atoms with Gasteiger partial charge in [0.15, 0.2) is 10.1 Å². The van der Waals surface area contributed by atoms with Crippen molar-refractivity contribution in [1.82, 2.24) is 0 Å². The van der Waals surface area contributed by atoms with Gasteiger partial charge < -0.3 is 9.29 Å². The first-order valence-corrected chi connectivity index (χ1v) is 6.74. The van der Waals surface area contributed by atoms with Crippen LogP contribution in [0.3, 0.4) is 0 Å². The molecule has 13 heteroatoms. The second-order valence-electron chi connectivity index (χ2n) is 4.08. The van der Waals surface area contributed by atoms with E-state index in [0.717, 1.165) is 6.07 Å². The molecule has 1 rings (SSSR count). The lowest BCUT2D eigenvalue weighted by molar-refractivity contribution is -0.248. The molecule has 1 atom stereocenters. The van der Waals surface area contributed by atoms with Crippen LogP contribution in [0.25, 0.3) is 0 Å². The summed E-state index contributed by atoms with van der Waals surface area (Å²) in [7, 11) is -1.68. The minimum Gasteiger partial charge on any atom is -0.743 e. The monoisotopic (exact) mass is 361 g/mol. The van der Waals surface area contributed by atoms with Gasteiger partial charge in [-0.15, -0.1) is 0 Å². The third kappa shape index (κ3) is 4.16. The van der Waals surface area contributed by atoms with E-state index < -0.39 is 45.0 Å². The number of rotatable bonds is 4. The maximum absolute atomic E-state index is 13.3. The number of carbonyl (C=O) groups excluding carboxylic acids is 1. The van der Waals surface area contributed by atoms with E-state index in [0.29, 0.717) is 12.1 Å². The second-order valence-corrected chi connectivity index (χ2v) is 5.53. The summed E-state index contributed by atoms with van der Waals surface area (Å²) >= 11 is 0. The minimum atomic E-state index is -6.83. The second kappa shape index (κ2) is 6.04. The van der Waals surface area contributed by atoms with Crippen molar-refractivity contribution in [2.24, 2.45) is 0 Å². The van der Waals surface area contributed by atoms with Crippen LogP contribution in [0.5, 0.6) is 0 Å². The first-order chi connectivity index (χ1) is 10.2. The smallest absolute Gasteiger partial charge is 0.432 e. The Bertz CT molecular complexity index is 717. The number of alkyl halides is 5. The van der Waals surface area contributed by atoms with Gasteiger partial charge in [0.05, 0.1) is 5.56 Å². The SMILES string of the molecule is [B]c1ccc(F)c(C(=O)OC(C(F)(F)F)C(F)(F)S(=O)(=O)[O-])c1. The highest BCUT2D eigenvalue weighted by Gasteiger charge is 2.63. The molecule has 126 valence electrons. The van der Waals surface area contributed by atoms with Gasteiger partial charge in [0, 0.05) is 0 Å². The largest absolute Gasteiger partial charge is 0.743 e. The molecule has 0 saturated carbocycles. The number of benzene rings is 1. The molecule has 0 saturated heterocycles. The zero-order valence-electron chi connectivity index (χ0n) is 10.6. The molecule has 23 heavy (non-hydrogen) atoms. The molecule has 0 heterocycles. The molecular formula is C10H4BF6O5S-. The number of hydrogen-bond acceptors (Lipinski definition) is 5. The van der Waals surface area contributed by atoms with Gasteiger partial charge in [-0.25, -0.2) is 17.6 Å². The highest BCUT2D eigenvalue weighted by Crippen LogP contribution is 2.38. The summed E-state index contributed by atoms with van der Waals surface area (Å²) in [5.41, 5.74) is -1.57. The Morgan fingerprint density at radius 2 is 1.74 bits per heavy atom. The fourth-order valence-corrected chi connectivity index (χ4v) is 1.77. The molecule has 0 fully saturated rings. The first-order valence-electron chi connectivity index (χ1n) is 5.34. The van der Waals surface area contributed by atoms with E-state index in [4.69, 9.17) is 7.85 Å². The number of halogens is 6. The van der Waals surface area contributed by atoms with Gasteiger partial charge >= 0.3 is 17.4 Å². The van der Waals surface area contributed by atoms with E-state index in [1.165, 1.54) is 0 Å². The summed E-state index contributed by atoms with van der Waals surface area (Å²) < 4.78 is 111. The van der Waals surface area contributed by atoms with E-state index in [9.17, 15) is 44.1 Å². The number of carbonyl (C=O) groups is 1. The summed E-state index contributed by atoms with van der Waals surface area (Å²) in [5.74, 6) is -3.74. The van der Waals surface area contributed by atoms with E-state index in [-0.39, 0.29) is 5.46 Å². The lowest BCUT2D eigenvalue weighted by atomic mass is 9.94. The van der Waals surface area contributed by atoms with Crippen LogP contribution in [0.2, 0.25) is 0 Å². The minimum absolute atomic E-state index is 0.315. The lowest BCUT2D eigenvalue weighted by Gasteiger charge is -2.29. The van der Waals surface area contributed by atoms with Crippen LogP contribution in [0.4, 0.5) is 26.3 Å². The van der Waals surface area contributed by atoms with Crippen LogP contribution < -0.4 is 5.46 Å². The van der Waals surface area contributed by atoms with E-state index in [1.807, 2.05) is 0 Å². The molecule has 0 bridgehead atoms. The van der Waals surface area contributed by atoms with Crippen LogP contribution in [0, 0.1) is 5.82 Å². The standard InChI is InChI=1S/C10H5BF6O5S/c11-4-1-2-6(12)5(3-4)7(18)22-8(9(13,14)15)10(16,17)23(19,20)21/h1-3,8H,(H,19,20,21)/p-1.